The van der Waals surface area contributed by atoms with E-state index in [2.05, 4.69) is 193 Å². The zero-order valence-corrected chi connectivity index (χ0v) is 37.9. The van der Waals surface area contributed by atoms with E-state index < -0.39 is 0 Å². The second-order valence-corrected chi connectivity index (χ2v) is 18.5. The van der Waals surface area contributed by atoms with Crippen molar-refractivity contribution >= 4 is 32.8 Å². The van der Waals surface area contributed by atoms with Crippen LogP contribution in [-0.2, 0) is 37.3 Å². The monoisotopic (exact) mass is 966 g/mol. The topological polar surface area (TPSA) is 48.8 Å². The molecule has 6 nitrogen and oxygen atoms in total. The summed E-state index contributed by atoms with van der Waals surface area (Å²) in [6.07, 6.45) is 7.31. The van der Waals surface area contributed by atoms with Crippen molar-refractivity contribution in [2.45, 2.75) is 78.6 Å². The maximum absolute atomic E-state index is 6.77. The predicted octanol–water partition coefficient (Wildman–Crippen LogP) is 12.5. The van der Waals surface area contributed by atoms with Gasteiger partial charge in [-0.25, -0.2) is 4.98 Å². The van der Waals surface area contributed by atoms with Gasteiger partial charge in [-0.2, -0.15) is 12.1 Å². The Hall–Kier alpha value is -5.84. The number of fused-ring (bicyclic) bond motifs is 4. The normalized spacial score (nSPS) is 12.3. The molecule has 0 amide bonds. The number of benzene rings is 5. The first-order valence-electron chi connectivity index (χ1n) is 20.3. The molecule has 0 aliphatic heterocycles. The van der Waals surface area contributed by atoms with Crippen molar-refractivity contribution in [2.75, 3.05) is 0 Å². The Morgan fingerprint density at radius 1 is 0.583 bits per heavy atom. The second kappa shape index (κ2) is 15.3. The molecule has 9 rings (SSSR count). The molecular weight excluding hydrogens is 918 g/mol. The maximum atomic E-state index is 6.77. The van der Waals surface area contributed by atoms with E-state index in [1.165, 1.54) is 16.7 Å². The number of rotatable bonds is 6. The molecule has 0 aliphatic rings. The quantitative estimate of drug-likeness (QED) is 0.123. The summed E-state index contributed by atoms with van der Waals surface area (Å²) >= 11 is 0. The third-order valence-corrected chi connectivity index (χ3v) is 11.1. The van der Waals surface area contributed by atoms with E-state index in [1.807, 2.05) is 29.0 Å². The van der Waals surface area contributed by atoms with E-state index in [0.717, 1.165) is 55.5 Å². The van der Waals surface area contributed by atoms with Crippen LogP contribution in [-0.4, -0.2) is 19.1 Å². The molecule has 5 aromatic carbocycles. The summed E-state index contributed by atoms with van der Waals surface area (Å²) in [4.78, 5) is 9.73. The van der Waals surface area contributed by atoms with Crippen LogP contribution in [0.15, 0.2) is 134 Å². The van der Waals surface area contributed by atoms with Crippen LogP contribution in [0.3, 0.4) is 0 Å². The summed E-state index contributed by atoms with van der Waals surface area (Å²) in [5, 5.41) is 2.21. The van der Waals surface area contributed by atoms with Crippen molar-refractivity contribution in [3.05, 3.63) is 169 Å². The number of para-hydroxylation sites is 3. The van der Waals surface area contributed by atoms with Gasteiger partial charge in [-0.3, -0.25) is 14.1 Å². The second-order valence-electron chi connectivity index (χ2n) is 18.5. The van der Waals surface area contributed by atoms with Gasteiger partial charge in [0, 0.05) is 38.5 Å². The fourth-order valence-corrected chi connectivity index (χ4v) is 7.80. The Balaban J connectivity index is 0.00000499. The van der Waals surface area contributed by atoms with E-state index in [9.17, 15) is 0 Å². The molecule has 0 fully saturated rings. The fraction of sp³-hybridized carbons (Fsp3) is 0.226. The molecule has 0 spiro atoms. The van der Waals surface area contributed by atoms with Crippen molar-refractivity contribution in [1.82, 2.24) is 19.1 Å². The molecule has 0 radical (unpaired) electrons. The minimum Gasteiger partial charge on any atom is -0.522 e. The Kier molecular flexibility index (Phi) is 10.4. The van der Waals surface area contributed by atoms with Gasteiger partial charge < -0.3 is 9.30 Å². The van der Waals surface area contributed by atoms with Crippen molar-refractivity contribution < 1.29 is 30.4 Å². The number of hydrogen-bond acceptors (Lipinski definition) is 3. The number of nitrogens with zero attached hydrogens (tertiary/aromatic N) is 5. The number of hydrogen-bond donors (Lipinski definition) is 0. The Bertz CT molecular complexity index is 3000. The molecular formula is C53H49N5OPt-2. The average molecular weight is 967 g/mol. The molecule has 4 aromatic heterocycles. The van der Waals surface area contributed by atoms with Gasteiger partial charge in [0.25, 0.3) is 6.33 Å². The first-order valence-corrected chi connectivity index (χ1v) is 20.3. The van der Waals surface area contributed by atoms with Crippen LogP contribution >= 0.6 is 0 Å². The minimum atomic E-state index is -0.0495. The largest absolute Gasteiger partial charge is 0.522 e. The van der Waals surface area contributed by atoms with Gasteiger partial charge in [-0.15, -0.1) is 17.7 Å². The van der Waals surface area contributed by atoms with Gasteiger partial charge in [0.05, 0.1) is 22.5 Å². The van der Waals surface area contributed by atoms with Crippen molar-refractivity contribution in [2.24, 2.45) is 0 Å². The molecule has 0 atom stereocenters. The molecule has 60 heavy (non-hydrogen) atoms. The van der Waals surface area contributed by atoms with Crippen molar-refractivity contribution in [1.29, 1.82) is 0 Å². The van der Waals surface area contributed by atoms with E-state index in [4.69, 9.17) is 14.7 Å². The molecule has 304 valence electrons. The number of pyridine rings is 2. The summed E-state index contributed by atoms with van der Waals surface area (Å²) in [7, 11) is 0. The summed E-state index contributed by atoms with van der Waals surface area (Å²) in [6.45, 7) is 20.3. The van der Waals surface area contributed by atoms with Crippen LogP contribution in [0.4, 0.5) is 0 Å². The van der Waals surface area contributed by atoms with Crippen LogP contribution in [0.5, 0.6) is 11.5 Å². The maximum Gasteiger partial charge on any atom is 0.269 e. The van der Waals surface area contributed by atoms with E-state index in [0.29, 0.717) is 17.3 Å². The first kappa shape index (κ1) is 40.9. The van der Waals surface area contributed by atoms with Crippen LogP contribution in [0, 0.1) is 18.5 Å². The van der Waals surface area contributed by atoms with Gasteiger partial charge in [-0.1, -0.05) is 158 Å². The number of aromatic nitrogens is 5. The van der Waals surface area contributed by atoms with Crippen molar-refractivity contribution in [3.8, 4) is 39.9 Å². The standard InChI is InChI=1S/C53H49N5O.Pt/c1-51(2,3)36-23-25-55-49(30-36)58-44-20-14-13-19-42(44)50-43(35-17-11-10-12-18-35)31-41(32-47(50)58)59-40-24-26-54-48(33-40)57-34-56(45-21-15-16-22-46(45)57)39-28-37(52(4,5)6)27-38(29-39)53(7,8)9;/h10-31H,1-9H3;/q-2;. The summed E-state index contributed by atoms with van der Waals surface area (Å²) in [5.74, 6) is 2.48. The molecule has 7 heteroatoms. The number of ether oxygens (including phenoxy) is 1. The van der Waals surface area contributed by atoms with Gasteiger partial charge >= 0.3 is 0 Å². The van der Waals surface area contributed by atoms with Gasteiger partial charge in [0.2, 0.25) is 0 Å². The summed E-state index contributed by atoms with van der Waals surface area (Å²) < 4.78 is 13.1. The molecule has 0 unspecified atom stereocenters. The molecule has 9 aromatic rings. The Labute approximate surface area is 367 Å². The SMILES string of the molecule is CC(C)(C)c1cc(-[n+]2[c-]n(-c3[c-]c(Oc4[c-]c5c(c(-c6ccccc6)c4)c4ccccc4n5-c4cc(C(C)(C)C)ccn4)ccn3)c3ccccc32)cc(C(C)(C)C)c1.[Pt]. The average Bonchev–Trinajstić information content (AvgIpc) is 3.76. The molecule has 0 N–H and O–H groups in total. The van der Waals surface area contributed by atoms with Gasteiger partial charge in [-0.05, 0) is 80.0 Å². The first-order chi connectivity index (χ1) is 28.1. The molecule has 0 saturated carbocycles. The predicted molar refractivity (Wildman–Crippen MR) is 239 cm³/mol. The molecule has 0 saturated heterocycles. The minimum absolute atomic E-state index is 0. The van der Waals surface area contributed by atoms with E-state index in [1.54, 1.807) is 6.20 Å². The molecule has 0 bridgehead atoms. The van der Waals surface area contributed by atoms with Gasteiger partial charge in [0.15, 0.2) is 0 Å². The third-order valence-electron chi connectivity index (χ3n) is 11.1. The van der Waals surface area contributed by atoms with Gasteiger partial charge in [0.1, 0.15) is 5.82 Å². The van der Waals surface area contributed by atoms with Crippen molar-refractivity contribution in [3.63, 3.8) is 0 Å². The third kappa shape index (κ3) is 7.58. The molecule has 0 aliphatic carbocycles. The Morgan fingerprint density at radius 3 is 1.92 bits per heavy atom. The Morgan fingerprint density at radius 2 is 1.22 bits per heavy atom. The number of imidazole rings is 1. The van der Waals surface area contributed by atoms with E-state index >= 15 is 0 Å². The molecule has 4 heterocycles. The van der Waals surface area contributed by atoms with E-state index in [-0.39, 0.29) is 37.3 Å². The van der Waals surface area contributed by atoms with Crippen LogP contribution in [0.2, 0.25) is 0 Å². The summed E-state index contributed by atoms with van der Waals surface area (Å²) in [6, 6.07) is 49.6. The smallest absolute Gasteiger partial charge is 0.269 e. The van der Waals surface area contributed by atoms with Crippen LogP contribution < -0.4 is 9.30 Å². The summed E-state index contributed by atoms with van der Waals surface area (Å²) in [5.41, 5.74) is 10.7. The van der Waals surface area contributed by atoms with Crippen LogP contribution in [0.1, 0.15) is 79.0 Å². The zero-order valence-electron chi connectivity index (χ0n) is 35.7. The zero-order chi connectivity index (χ0) is 41.3. The fourth-order valence-electron chi connectivity index (χ4n) is 7.80. The van der Waals surface area contributed by atoms with Crippen LogP contribution in [0.25, 0.3) is 61.3 Å².